The molecule has 0 saturated heterocycles. The smallest absolute Gasteiger partial charge is 0.137 e. The maximum atomic E-state index is 13.0. The van der Waals surface area contributed by atoms with E-state index in [0.29, 0.717) is 30.5 Å². The van der Waals surface area contributed by atoms with Gasteiger partial charge >= 0.3 is 0 Å². The predicted octanol–water partition coefficient (Wildman–Crippen LogP) is 4.38. The van der Waals surface area contributed by atoms with Gasteiger partial charge in [-0.1, -0.05) is 34.6 Å². The molecule has 138 valence electrons. The van der Waals surface area contributed by atoms with Crippen LogP contribution in [0.3, 0.4) is 0 Å². The van der Waals surface area contributed by atoms with Crippen molar-refractivity contribution in [2.45, 2.75) is 85.4 Å². The highest BCUT2D eigenvalue weighted by atomic mass is 31.0. The van der Waals surface area contributed by atoms with Gasteiger partial charge in [-0.3, -0.25) is 4.79 Å². The fraction of sp³-hybridized carbons (Fsp3) is 0.950. The van der Waals surface area contributed by atoms with Crippen LogP contribution >= 0.6 is 9.47 Å². The van der Waals surface area contributed by atoms with Gasteiger partial charge in [0.25, 0.3) is 0 Å². The molecule has 3 saturated carbocycles. The number of aliphatic hydroxyl groups excluding tert-OH is 1. The highest BCUT2D eigenvalue weighted by Gasteiger charge is 2.67. The minimum absolute atomic E-state index is 0.00257. The number of hydrogen-bond acceptors (Lipinski definition) is 3. The Bertz CT molecular complexity index is 523. The van der Waals surface area contributed by atoms with Crippen LogP contribution in [0.2, 0.25) is 0 Å². The normalized spacial score (nSPS) is 55.0. The minimum atomic E-state index is -0.445. The number of hydrogen-bond donors (Lipinski definition) is 1. The Labute approximate surface area is 149 Å². The van der Waals surface area contributed by atoms with E-state index >= 15 is 0 Å². The third kappa shape index (κ3) is 2.23. The highest BCUT2D eigenvalue weighted by Crippen LogP contribution is 2.68. The molecule has 3 aliphatic carbocycles. The number of carbonyl (C=O) groups is 1. The molecule has 3 aliphatic rings. The molecule has 0 aromatic heterocycles. The van der Waals surface area contributed by atoms with E-state index in [0.717, 1.165) is 25.7 Å². The minimum Gasteiger partial charge on any atom is -0.393 e. The van der Waals surface area contributed by atoms with E-state index in [9.17, 15) is 9.90 Å². The Morgan fingerprint density at radius 3 is 2.54 bits per heavy atom. The zero-order chi connectivity index (χ0) is 17.9. The molecule has 0 aromatic rings. The Hall–Kier alpha value is 0.0200. The van der Waals surface area contributed by atoms with Crippen LogP contribution in [0.1, 0.15) is 73.1 Å². The second kappa shape index (κ2) is 6.03. The van der Waals surface area contributed by atoms with E-state index in [1.165, 1.54) is 0 Å². The summed E-state index contributed by atoms with van der Waals surface area (Å²) in [6, 6.07) is 0. The van der Waals surface area contributed by atoms with Gasteiger partial charge in [0.15, 0.2) is 0 Å². The lowest BCUT2D eigenvalue weighted by Gasteiger charge is -2.62. The van der Waals surface area contributed by atoms with Gasteiger partial charge in [-0.2, -0.15) is 0 Å². The summed E-state index contributed by atoms with van der Waals surface area (Å²) < 4.78 is 5.98. The molecule has 3 nitrogen and oxygen atoms in total. The van der Waals surface area contributed by atoms with Crippen LogP contribution in [0.5, 0.6) is 0 Å². The number of ketones is 1. The predicted molar refractivity (Wildman–Crippen MR) is 99.4 cm³/mol. The number of carbonyl (C=O) groups excluding carboxylic acids is 1. The van der Waals surface area contributed by atoms with E-state index < -0.39 is 6.10 Å². The first-order valence-corrected chi connectivity index (χ1v) is 10.2. The van der Waals surface area contributed by atoms with E-state index in [4.69, 9.17) is 4.52 Å². The molecule has 1 N–H and O–H groups in total. The Morgan fingerprint density at radius 1 is 1.29 bits per heavy atom. The summed E-state index contributed by atoms with van der Waals surface area (Å²) in [7, 11) is 2.48. The van der Waals surface area contributed by atoms with Gasteiger partial charge in [0, 0.05) is 27.2 Å². The van der Waals surface area contributed by atoms with Crippen molar-refractivity contribution in [1.29, 1.82) is 0 Å². The summed E-state index contributed by atoms with van der Waals surface area (Å²) in [6.45, 7) is 11.2. The molecule has 0 spiro atoms. The topological polar surface area (TPSA) is 46.5 Å². The maximum Gasteiger partial charge on any atom is 0.137 e. The average Bonchev–Trinajstić information content (AvgIpc) is 2.89. The first-order valence-electron chi connectivity index (χ1n) is 9.73. The van der Waals surface area contributed by atoms with Gasteiger partial charge in [0.2, 0.25) is 0 Å². The van der Waals surface area contributed by atoms with E-state index in [-0.39, 0.29) is 28.3 Å². The van der Waals surface area contributed by atoms with Crippen LogP contribution in [0.15, 0.2) is 0 Å². The van der Waals surface area contributed by atoms with E-state index in [2.05, 4.69) is 44.1 Å². The highest BCUT2D eigenvalue weighted by molar-refractivity contribution is 7.09. The first-order chi connectivity index (χ1) is 11.2. The molecule has 4 heteroatoms. The molecule has 0 heterocycles. The molecule has 9 atom stereocenters. The fourth-order valence-electron chi connectivity index (χ4n) is 6.83. The lowest BCUT2D eigenvalue weighted by atomic mass is 9.43. The molecule has 0 amide bonds. The maximum absolute atomic E-state index is 13.0. The number of aliphatic hydroxyl groups is 1. The molecule has 0 radical (unpaired) electrons. The van der Waals surface area contributed by atoms with Crippen molar-refractivity contribution < 1.29 is 14.4 Å². The van der Waals surface area contributed by atoms with Gasteiger partial charge in [0.05, 0.1) is 12.2 Å². The van der Waals surface area contributed by atoms with Crippen molar-refractivity contribution in [3.8, 4) is 0 Å². The molecule has 2 bridgehead atoms. The summed E-state index contributed by atoms with van der Waals surface area (Å²) >= 11 is 0. The third-order valence-electron chi connectivity index (χ3n) is 8.84. The summed E-state index contributed by atoms with van der Waals surface area (Å²) in [5, 5.41) is 11.4. The number of rotatable bonds is 2. The van der Waals surface area contributed by atoms with E-state index in [1.807, 2.05) is 0 Å². The van der Waals surface area contributed by atoms with Crippen LogP contribution in [-0.4, -0.2) is 23.1 Å². The summed E-state index contributed by atoms with van der Waals surface area (Å²) in [4.78, 5) is 13.0. The zero-order valence-corrected chi connectivity index (χ0v) is 17.1. The second-order valence-corrected chi connectivity index (χ2v) is 9.78. The van der Waals surface area contributed by atoms with Crippen molar-refractivity contribution >= 4 is 15.2 Å². The molecule has 0 aromatic carbocycles. The van der Waals surface area contributed by atoms with Gasteiger partial charge < -0.3 is 9.63 Å². The SMILES string of the molecule is CC[C@]1(C)C[C@@H](O)[C@@]2(C)C3C(=O)CC[C@@]3(CC[C@H]2C)[C@H](C)[C@@H]1OP. The largest absolute Gasteiger partial charge is 0.393 e. The van der Waals surface area contributed by atoms with Crippen LogP contribution < -0.4 is 0 Å². The van der Waals surface area contributed by atoms with Gasteiger partial charge in [0.1, 0.15) is 5.78 Å². The Morgan fingerprint density at radius 2 is 1.96 bits per heavy atom. The van der Waals surface area contributed by atoms with Crippen molar-refractivity contribution in [3.63, 3.8) is 0 Å². The summed E-state index contributed by atoms with van der Waals surface area (Å²) in [5.74, 6) is 1.09. The lowest BCUT2D eigenvalue weighted by molar-refractivity contribution is -0.192. The zero-order valence-electron chi connectivity index (χ0n) is 16.0. The van der Waals surface area contributed by atoms with Crippen molar-refractivity contribution in [2.75, 3.05) is 0 Å². The second-order valence-electron chi connectivity index (χ2n) is 9.51. The molecule has 0 aliphatic heterocycles. The monoisotopic (exact) mass is 354 g/mol. The van der Waals surface area contributed by atoms with Gasteiger partial charge in [-0.05, 0) is 54.8 Å². The molecule has 24 heavy (non-hydrogen) atoms. The fourth-order valence-corrected chi connectivity index (χ4v) is 7.40. The van der Waals surface area contributed by atoms with Crippen molar-refractivity contribution in [1.82, 2.24) is 0 Å². The number of Topliss-reactive ketones (excluding diaryl/α,β-unsaturated/α-hetero) is 1. The molecule has 2 unspecified atom stereocenters. The van der Waals surface area contributed by atoms with Crippen LogP contribution in [-0.2, 0) is 9.32 Å². The van der Waals surface area contributed by atoms with Crippen LogP contribution in [0.25, 0.3) is 0 Å². The standard InChI is InChI=1S/C20H35O3P/c1-6-18(4)11-15(22)19(5)12(2)7-9-20(13(3)17(18)23-24)10-8-14(21)16(19)20/h12-13,15-17,22H,6-11,24H2,1-5H3/t12-,13-,15-,16?,17+,18-,19+,20+/m1/s1. The summed E-state index contributed by atoms with van der Waals surface area (Å²) in [5.41, 5.74) is -0.373. The van der Waals surface area contributed by atoms with Gasteiger partial charge in [-0.15, -0.1) is 0 Å². The van der Waals surface area contributed by atoms with Crippen molar-refractivity contribution in [2.24, 2.45) is 34.0 Å². The van der Waals surface area contributed by atoms with E-state index in [1.54, 1.807) is 0 Å². The molecular formula is C20H35O3P. The Balaban J connectivity index is 2.20. The van der Waals surface area contributed by atoms with Crippen LogP contribution in [0, 0.1) is 34.0 Å². The molecule has 3 rings (SSSR count). The average molecular weight is 354 g/mol. The quantitative estimate of drug-likeness (QED) is 0.749. The van der Waals surface area contributed by atoms with Crippen LogP contribution in [0.4, 0.5) is 0 Å². The van der Waals surface area contributed by atoms with Crippen molar-refractivity contribution in [3.05, 3.63) is 0 Å². The lowest BCUT2D eigenvalue weighted by Crippen LogP contribution is -2.62. The molecular weight excluding hydrogens is 319 g/mol. The summed E-state index contributed by atoms with van der Waals surface area (Å²) in [6.07, 6.45) is 5.16. The Kier molecular flexibility index (Phi) is 4.72. The molecule has 3 fully saturated rings. The first kappa shape index (κ1) is 18.8. The third-order valence-corrected chi connectivity index (χ3v) is 9.13. The van der Waals surface area contributed by atoms with Gasteiger partial charge in [-0.25, -0.2) is 0 Å².